The van der Waals surface area contributed by atoms with Gasteiger partial charge in [0.15, 0.2) is 10.7 Å². The molecule has 5 heteroatoms. The fraction of sp³-hybridized carbons (Fsp3) is 0.455. The monoisotopic (exact) mass is 238 g/mol. The van der Waals surface area contributed by atoms with E-state index in [1.807, 2.05) is 20.8 Å². The molecule has 0 saturated carbocycles. The van der Waals surface area contributed by atoms with Gasteiger partial charge in [-0.3, -0.25) is 4.40 Å². The van der Waals surface area contributed by atoms with Gasteiger partial charge in [0.1, 0.15) is 0 Å². The highest BCUT2D eigenvalue weighted by atomic mass is 32.1. The molecule has 0 unspecified atom stereocenters. The molecular weight excluding hydrogens is 224 g/mol. The maximum absolute atomic E-state index is 11.3. The summed E-state index contributed by atoms with van der Waals surface area (Å²) in [4.78, 5) is 17.6. The van der Waals surface area contributed by atoms with Crippen molar-refractivity contribution in [2.24, 2.45) is 0 Å². The quantitative estimate of drug-likeness (QED) is 0.894. The molecule has 0 aliphatic rings. The van der Waals surface area contributed by atoms with Crippen LogP contribution in [0.2, 0.25) is 0 Å². The van der Waals surface area contributed by atoms with Gasteiger partial charge in [0.05, 0.1) is 5.69 Å². The van der Waals surface area contributed by atoms with Crippen LogP contribution in [-0.4, -0.2) is 20.5 Å². The molecule has 2 rings (SSSR count). The maximum Gasteiger partial charge on any atom is 0.354 e. The molecule has 16 heavy (non-hydrogen) atoms. The van der Waals surface area contributed by atoms with Gasteiger partial charge in [-0.15, -0.1) is 11.3 Å². The average molecular weight is 238 g/mol. The summed E-state index contributed by atoms with van der Waals surface area (Å²) in [6.45, 7) is 5.97. The fourth-order valence-electron chi connectivity index (χ4n) is 1.99. The van der Waals surface area contributed by atoms with Gasteiger partial charge in [-0.05, 0) is 19.8 Å². The van der Waals surface area contributed by atoms with Crippen LogP contribution >= 0.6 is 11.3 Å². The second-order valence-electron chi connectivity index (χ2n) is 3.64. The van der Waals surface area contributed by atoms with Crippen molar-refractivity contribution in [3.8, 4) is 0 Å². The summed E-state index contributed by atoms with van der Waals surface area (Å²) >= 11 is 1.56. The van der Waals surface area contributed by atoms with Crippen molar-refractivity contribution in [1.29, 1.82) is 0 Å². The van der Waals surface area contributed by atoms with E-state index in [1.165, 1.54) is 0 Å². The van der Waals surface area contributed by atoms with Crippen LogP contribution in [-0.2, 0) is 12.8 Å². The highest BCUT2D eigenvalue weighted by Gasteiger charge is 2.21. The largest absolute Gasteiger partial charge is 0.477 e. The number of aromatic carboxylic acids is 1. The third-order valence-corrected chi connectivity index (χ3v) is 3.71. The molecule has 2 aromatic rings. The first kappa shape index (κ1) is 11.1. The Kier molecular flexibility index (Phi) is 2.71. The standard InChI is InChI=1S/C11H14N2O2S/c1-4-7-9(10(14)15)13-8(5-2)6(3)16-11(13)12-7/h4-5H2,1-3H3,(H,14,15). The number of nitrogens with zero attached hydrogens (tertiary/aromatic N) is 2. The minimum absolute atomic E-state index is 0.332. The molecule has 0 aliphatic carbocycles. The lowest BCUT2D eigenvalue weighted by atomic mass is 10.2. The zero-order chi connectivity index (χ0) is 11.9. The van der Waals surface area contributed by atoms with E-state index in [0.717, 1.165) is 22.0 Å². The highest BCUT2D eigenvalue weighted by Crippen LogP contribution is 2.26. The molecular formula is C11H14N2O2S. The molecule has 0 radical (unpaired) electrons. The first-order valence-electron chi connectivity index (χ1n) is 5.33. The van der Waals surface area contributed by atoms with Gasteiger partial charge in [0, 0.05) is 10.6 Å². The Hall–Kier alpha value is -1.36. The van der Waals surface area contributed by atoms with Gasteiger partial charge >= 0.3 is 5.97 Å². The van der Waals surface area contributed by atoms with Crippen LogP contribution in [0.25, 0.3) is 4.96 Å². The van der Waals surface area contributed by atoms with E-state index in [9.17, 15) is 9.90 Å². The van der Waals surface area contributed by atoms with Crippen LogP contribution < -0.4 is 0 Å². The van der Waals surface area contributed by atoms with Crippen molar-refractivity contribution >= 4 is 22.3 Å². The number of aromatic nitrogens is 2. The molecule has 0 amide bonds. The number of aryl methyl sites for hydroxylation is 3. The van der Waals surface area contributed by atoms with E-state index in [-0.39, 0.29) is 0 Å². The van der Waals surface area contributed by atoms with Crippen molar-refractivity contribution in [2.45, 2.75) is 33.6 Å². The Morgan fingerprint density at radius 3 is 2.62 bits per heavy atom. The third-order valence-electron chi connectivity index (χ3n) is 2.71. The van der Waals surface area contributed by atoms with Crippen LogP contribution in [0.3, 0.4) is 0 Å². The first-order valence-corrected chi connectivity index (χ1v) is 6.14. The second kappa shape index (κ2) is 3.90. The van der Waals surface area contributed by atoms with Crippen molar-refractivity contribution in [3.63, 3.8) is 0 Å². The molecule has 1 N–H and O–H groups in total. The van der Waals surface area contributed by atoms with E-state index >= 15 is 0 Å². The summed E-state index contributed by atoms with van der Waals surface area (Å²) < 4.78 is 1.79. The molecule has 86 valence electrons. The number of rotatable bonds is 3. The number of hydrogen-bond acceptors (Lipinski definition) is 3. The van der Waals surface area contributed by atoms with Gasteiger partial charge in [0.2, 0.25) is 0 Å². The van der Waals surface area contributed by atoms with E-state index in [2.05, 4.69) is 4.98 Å². The van der Waals surface area contributed by atoms with Crippen molar-refractivity contribution in [2.75, 3.05) is 0 Å². The van der Waals surface area contributed by atoms with Crippen LogP contribution in [0.15, 0.2) is 0 Å². The minimum Gasteiger partial charge on any atom is -0.477 e. The number of hydrogen-bond donors (Lipinski definition) is 1. The number of fused-ring (bicyclic) bond motifs is 1. The van der Waals surface area contributed by atoms with Gasteiger partial charge in [-0.2, -0.15) is 0 Å². The summed E-state index contributed by atoms with van der Waals surface area (Å²) in [5.74, 6) is -0.892. The number of carboxylic acid groups (broad SMARTS) is 1. The van der Waals surface area contributed by atoms with Gasteiger partial charge < -0.3 is 5.11 Å². The van der Waals surface area contributed by atoms with Gasteiger partial charge in [-0.1, -0.05) is 13.8 Å². The second-order valence-corrected chi connectivity index (χ2v) is 4.82. The Morgan fingerprint density at radius 2 is 2.12 bits per heavy atom. The SMILES string of the molecule is CCc1nc2sc(C)c(CC)n2c1C(=O)O. The van der Waals surface area contributed by atoms with E-state index in [1.54, 1.807) is 15.7 Å². The molecule has 0 aliphatic heterocycles. The summed E-state index contributed by atoms with van der Waals surface area (Å²) in [6.07, 6.45) is 1.48. The van der Waals surface area contributed by atoms with Crippen molar-refractivity contribution in [1.82, 2.24) is 9.38 Å². The maximum atomic E-state index is 11.3. The molecule has 2 heterocycles. The molecule has 0 spiro atoms. The predicted molar refractivity (Wildman–Crippen MR) is 63.5 cm³/mol. The van der Waals surface area contributed by atoms with E-state index in [0.29, 0.717) is 17.8 Å². The zero-order valence-electron chi connectivity index (χ0n) is 9.57. The summed E-state index contributed by atoms with van der Waals surface area (Å²) in [6, 6.07) is 0. The smallest absolute Gasteiger partial charge is 0.354 e. The lowest BCUT2D eigenvalue weighted by Gasteiger charge is -2.00. The molecule has 4 nitrogen and oxygen atoms in total. The van der Waals surface area contributed by atoms with Gasteiger partial charge in [-0.25, -0.2) is 9.78 Å². The van der Waals surface area contributed by atoms with Crippen LogP contribution in [0.4, 0.5) is 0 Å². The molecule has 0 atom stereocenters. The lowest BCUT2D eigenvalue weighted by molar-refractivity contribution is 0.0688. The summed E-state index contributed by atoms with van der Waals surface area (Å²) in [7, 11) is 0. The van der Waals surface area contributed by atoms with E-state index < -0.39 is 5.97 Å². The number of imidazole rings is 1. The molecule has 0 saturated heterocycles. The Labute approximate surface area is 97.6 Å². The number of carbonyl (C=O) groups is 1. The predicted octanol–water partition coefficient (Wildman–Crippen LogP) is 2.53. The van der Waals surface area contributed by atoms with Crippen molar-refractivity contribution < 1.29 is 9.90 Å². The van der Waals surface area contributed by atoms with Crippen LogP contribution in [0, 0.1) is 6.92 Å². The minimum atomic E-state index is -0.892. The van der Waals surface area contributed by atoms with Gasteiger partial charge in [0.25, 0.3) is 0 Å². The average Bonchev–Trinajstić information content (AvgIpc) is 2.71. The van der Waals surface area contributed by atoms with E-state index in [4.69, 9.17) is 0 Å². The number of thiazole rings is 1. The Bertz CT molecular complexity index is 554. The topological polar surface area (TPSA) is 54.6 Å². The Morgan fingerprint density at radius 1 is 1.44 bits per heavy atom. The zero-order valence-corrected chi connectivity index (χ0v) is 10.4. The summed E-state index contributed by atoms with van der Waals surface area (Å²) in [5, 5.41) is 9.26. The summed E-state index contributed by atoms with van der Waals surface area (Å²) in [5.41, 5.74) is 2.07. The van der Waals surface area contributed by atoms with Crippen LogP contribution in [0.5, 0.6) is 0 Å². The van der Waals surface area contributed by atoms with Crippen molar-refractivity contribution in [3.05, 3.63) is 22.0 Å². The van der Waals surface area contributed by atoms with Crippen LogP contribution in [0.1, 0.15) is 40.6 Å². The Balaban J connectivity index is 2.84. The molecule has 0 fully saturated rings. The molecule has 0 bridgehead atoms. The third kappa shape index (κ3) is 1.43. The first-order chi connectivity index (χ1) is 7.60. The highest BCUT2D eigenvalue weighted by molar-refractivity contribution is 7.17. The number of carboxylic acids is 1. The molecule has 0 aromatic carbocycles. The normalized spacial score (nSPS) is 11.2. The fourth-order valence-corrected chi connectivity index (χ4v) is 3.06. The molecule has 2 aromatic heterocycles. The lowest BCUT2D eigenvalue weighted by Crippen LogP contribution is -2.07.